The number of hydrogen-bond acceptors (Lipinski definition) is 3. The van der Waals surface area contributed by atoms with Gasteiger partial charge in [-0.15, -0.1) is 0 Å². The average molecular weight is 199 g/mol. The van der Waals surface area contributed by atoms with Crippen LogP contribution >= 0.6 is 0 Å². The van der Waals surface area contributed by atoms with Crippen LogP contribution in [0, 0.1) is 5.41 Å². The predicted octanol–water partition coefficient (Wildman–Crippen LogP) is 0.812. The normalized spacial score (nSPS) is 26.0. The second-order valence-electron chi connectivity index (χ2n) is 3.95. The highest BCUT2D eigenvalue weighted by atomic mass is 16.5. The van der Waals surface area contributed by atoms with E-state index in [1.54, 1.807) is 0 Å². The number of ether oxygens (including phenoxy) is 1. The molecule has 0 bridgehead atoms. The van der Waals surface area contributed by atoms with Gasteiger partial charge in [-0.25, -0.2) is 0 Å². The van der Waals surface area contributed by atoms with E-state index in [-0.39, 0.29) is 5.84 Å². The van der Waals surface area contributed by atoms with Crippen molar-refractivity contribution in [2.24, 2.45) is 5.73 Å². The number of nitrogens with one attached hydrogen (secondary N) is 1. The maximum Gasteiger partial charge on any atom is 0.0921 e. The molecule has 0 radical (unpaired) electrons. The maximum absolute atomic E-state index is 7.33. The van der Waals surface area contributed by atoms with Crippen LogP contribution < -0.4 is 5.73 Å². The highest BCUT2D eigenvalue weighted by molar-refractivity contribution is 5.77. The molecule has 14 heavy (non-hydrogen) atoms. The molecule has 1 rings (SSSR count). The number of morpholine rings is 1. The molecule has 82 valence electrons. The molecule has 0 aromatic heterocycles. The molecule has 1 heterocycles. The Morgan fingerprint density at radius 3 is 2.93 bits per heavy atom. The molecule has 0 aromatic rings. The van der Waals surface area contributed by atoms with E-state index in [2.05, 4.69) is 18.7 Å². The van der Waals surface area contributed by atoms with Crippen molar-refractivity contribution in [2.75, 3.05) is 19.8 Å². The Hall–Kier alpha value is -0.610. The van der Waals surface area contributed by atoms with Gasteiger partial charge in [-0.2, -0.15) is 0 Å². The molecule has 0 amide bonds. The Balaban J connectivity index is 2.52. The maximum atomic E-state index is 7.33. The van der Waals surface area contributed by atoms with E-state index in [1.807, 2.05) is 0 Å². The van der Waals surface area contributed by atoms with Crippen LogP contribution in [0.1, 0.15) is 26.7 Å². The van der Waals surface area contributed by atoms with Crippen molar-refractivity contribution in [3.8, 4) is 0 Å². The first-order valence-corrected chi connectivity index (χ1v) is 5.31. The minimum absolute atomic E-state index is 0.288. The Labute approximate surface area is 85.9 Å². The number of nitrogens with zero attached hydrogens (tertiary/aromatic N) is 1. The van der Waals surface area contributed by atoms with E-state index in [0.29, 0.717) is 18.5 Å². The van der Waals surface area contributed by atoms with Gasteiger partial charge < -0.3 is 10.5 Å². The molecular formula is C10H21N3O. The summed E-state index contributed by atoms with van der Waals surface area (Å²) in [5.41, 5.74) is 5.45. The Morgan fingerprint density at radius 2 is 2.43 bits per heavy atom. The first kappa shape index (κ1) is 11.5. The van der Waals surface area contributed by atoms with Gasteiger partial charge in [0, 0.05) is 25.0 Å². The van der Waals surface area contributed by atoms with Gasteiger partial charge in [0.25, 0.3) is 0 Å². The summed E-state index contributed by atoms with van der Waals surface area (Å²) in [4.78, 5) is 2.41. The smallest absolute Gasteiger partial charge is 0.0921 e. The molecule has 2 atom stereocenters. The van der Waals surface area contributed by atoms with Gasteiger partial charge in [0.1, 0.15) is 0 Å². The van der Waals surface area contributed by atoms with Crippen molar-refractivity contribution in [1.29, 1.82) is 5.41 Å². The first-order valence-electron chi connectivity index (χ1n) is 5.31. The average Bonchev–Trinajstić information content (AvgIpc) is 2.15. The third kappa shape index (κ3) is 2.96. The minimum Gasteiger partial charge on any atom is -0.388 e. The van der Waals surface area contributed by atoms with Crippen LogP contribution in [0.2, 0.25) is 0 Å². The van der Waals surface area contributed by atoms with Crippen LogP contribution in [-0.2, 0) is 4.74 Å². The molecule has 4 heteroatoms. The van der Waals surface area contributed by atoms with Crippen molar-refractivity contribution in [1.82, 2.24) is 4.90 Å². The lowest BCUT2D eigenvalue weighted by Crippen LogP contribution is -2.50. The van der Waals surface area contributed by atoms with E-state index >= 15 is 0 Å². The largest absolute Gasteiger partial charge is 0.388 e. The third-order valence-corrected chi connectivity index (χ3v) is 2.81. The number of hydrogen-bond donors (Lipinski definition) is 2. The molecule has 3 N–H and O–H groups in total. The lowest BCUT2D eigenvalue weighted by Gasteiger charge is -2.39. The molecule has 0 saturated carbocycles. The number of nitrogens with two attached hydrogens (primary N) is 1. The highest BCUT2D eigenvalue weighted by Crippen LogP contribution is 2.15. The SMILES string of the molecule is CCC(CC(=N)N)N1CCOCC1C. The van der Waals surface area contributed by atoms with E-state index in [0.717, 1.165) is 26.2 Å². The van der Waals surface area contributed by atoms with Gasteiger partial charge in [0.2, 0.25) is 0 Å². The second-order valence-corrected chi connectivity index (χ2v) is 3.95. The van der Waals surface area contributed by atoms with Crippen molar-refractivity contribution >= 4 is 5.84 Å². The summed E-state index contributed by atoms with van der Waals surface area (Å²) in [6.45, 7) is 6.89. The zero-order valence-electron chi connectivity index (χ0n) is 9.12. The molecule has 0 aliphatic carbocycles. The van der Waals surface area contributed by atoms with Crippen LogP contribution in [0.3, 0.4) is 0 Å². The van der Waals surface area contributed by atoms with Crippen molar-refractivity contribution in [2.45, 2.75) is 38.8 Å². The zero-order valence-corrected chi connectivity index (χ0v) is 9.12. The number of rotatable bonds is 4. The molecule has 2 unspecified atom stereocenters. The monoisotopic (exact) mass is 199 g/mol. The van der Waals surface area contributed by atoms with Gasteiger partial charge in [0.05, 0.1) is 19.0 Å². The van der Waals surface area contributed by atoms with E-state index in [4.69, 9.17) is 15.9 Å². The lowest BCUT2D eigenvalue weighted by atomic mass is 10.1. The molecule has 4 nitrogen and oxygen atoms in total. The van der Waals surface area contributed by atoms with Crippen LogP contribution in [0.15, 0.2) is 0 Å². The van der Waals surface area contributed by atoms with Gasteiger partial charge in [-0.3, -0.25) is 10.3 Å². The lowest BCUT2D eigenvalue weighted by molar-refractivity contribution is -0.0213. The highest BCUT2D eigenvalue weighted by Gasteiger charge is 2.25. The Morgan fingerprint density at radius 1 is 1.71 bits per heavy atom. The fraction of sp³-hybridized carbons (Fsp3) is 0.900. The Kier molecular flexibility index (Phi) is 4.35. The summed E-state index contributed by atoms with van der Waals surface area (Å²) < 4.78 is 5.39. The zero-order chi connectivity index (χ0) is 10.6. The fourth-order valence-corrected chi connectivity index (χ4v) is 2.03. The molecule has 1 saturated heterocycles. The standard InChI is InChI=1S/C10H21N3O/c1-3-9(6-10(11)12)13-4-5-14-7-8(13)2/h8-9H,3-7H2,1-2H3,(H3,11,12). The van der Waals surface area contributed by atoms with Crippen LogP contribution in [0.4, 0.5) is 0 Å². The summed E-state index contributed by atoms with van der Waals surface area (Å²) in [5, 5.41) is 7.33. The van der Waals surface area contributed by atoms with Gasteiger partial charge in [-0.05, 0) is 13.3 Å². The fourth-order valence-electron chi connectivity index (χ4n) is 2.03. The number of amidine groups is 1. The van der Waals surface area contributed by atoms with E-state index < -0.39 is 0 Å². The summed E-state index contributed by atoms with van der Waals surface area (Å²) in [6, 6.07) is 0.861. The van der Waals surface area contributed by atoms with Gasteiger partial charge >= 0.3 is 0 Å². The molecule has 0 aromatic carbocycles. The quantitative estimate of drug-likeness (QED) is 0.520. The van der Waals surface area contributed by atoms with E-state index in [1.165, 1.54) is 0 Å². The Bertz CT molecular complexity index is 196. The molecule has 0 spiro atoms. The molecule has 1 fully saturated rings. The van der Waals surface area contributed by atoms with E-state index in [9.17, 15) is 0 Å². The van der Waals surface area contributed by atoms with Gasteiger partial charge in [0.15, 0.2) is 0 Å². The second kappa shape index (κ2) is 5.32. The summed E-state index contributed by atoms with van der Waals surface area (Å²) in [5.74, 6) is 0.288. The van der Waals surface area contributed by atoms with Crippen molar-refractivity contribution in [3.05, 3.63) is 0 Å². The molecular weight excluding hydrogens is 178 g/mol. The minimum atomic E-state index is 0.288. The molecule has 1 aliphatic heterocycles. The summed E-state index contributed by atoms with van der Waals surface area (Å²) in [6.07, 6.45) is 1.73. The first-order chi connectivity index (χ1) is 6.65. The van der Waals surface area contributed by atoms with Crippen LogP contribution in [0.25, 0.3) is 0 Å². The van der Waals surface area contributed by atoms with Gasteiger partial charge in [-0.1, -0.05) is 6.92 Å². The summed E-state index contributed by atoms with van der Waals surface area (Å²) in [7, 11) is 0. The van der Waals surface area contributed by atoms with Crippen LogP contribution in [0.5, 0.6) is 0 Å². The molecule has 1 aliphatic rings. The van der Waals surface area contributed by atoms with Crippen molar-refractivity contribution in [3.63, 3.8) is 0 Å². The topological polar surface area (TPSA) is 62.3 Å². The predicted molar refractivity (Wildman–Crippen MR) is 57.6 cm³/mol. The third-order valence-electron chi connectivity index (χ3n) is 2.81. The summed E-state index contributed by atoms with van der Waals surface area (Å²) >= 11 is 0. The van der Waals surface area contributed by atoms with Crippen LogP contribution in [-0.4, -0.2) is 42.6 Å². The van der Waals surface area contributed by atoms with Crippen molar-refractivity contribution < 1.29 is 4.74 Å².